The summed E-state index contributed by atoms with van der Waals surface area (Å²) in [5.74, 6) is 0.0199. The van der Waals surface area contributed by atoms with Gasteiger partial charge in [0.1, 0.15) is 17.3 Å². The average molecular weight is 534 g/mol. The highest BCUT2D eigenvalue weighted by Gasteiger charge is 2.27. The minimum absolute atomic E-state index is 0. The van der Waals surface area contributed by atoms with Crippen molar-refractivity contribution in [2.24, 2.45) is 5.10 Å². The molecule has 12 nitrogen and oxygen atoms in total. The van der Waals surface area contributed by atoms with Crippen molar-refractivity contribution in [1.29, 1.82) is 5.26 Å². The predicted octanol–water partition coefficient (Wildman–Crippen LogP) is 2.67. The van der Waals surface area contributed by atoms with Crippen LogP contribution in [0.1, 0.15) is 24.0 Å². The summed E-state index contributed by atoms with van der Waals surface area (Å²) in [5.41, 5.74) is 1.10. The summed E-state index contributed by atoms with van der Waals surface area (Å²) >= 11 is 0. The Morgan fingerprint density at radius 2 is 2.06 bits per heavy atom. The number of hydrogen-bond donors (Lipinski definition) is 0. The van der Waals surface area contributed by atoms with E-state index in [-0.39, 0.29) is 35.3 Å². The van der Waals surface area contributed by atoms with Gasteiger partial charge in [-0.3, -0.25) is 15.0 Å². The molecular weight excluding hydrogens is 510 g/mol. The van der Waals surface area contributed by atoms with Crippen LogP contribution in [0.15, 0.2) is 52.7 Å². The van der Waals surface area contributed by atoms with E-state index in [1.165, 1.54) is 36.1 Å². The van der Waals surface area contributed by atoms with Crippen LogP contribution in [0.3, 0.4) is 0 Å². The van der Waals surface area contributed by atoms with Gasteiger partial charge in [0.2, 0.25) is 0 Å². The minimum Gasteiger partial charge on any atom is -0.491 e. The largest absolute Gasteiger partial charge is 0.491 e. The lowest BCUT2D eigenvalue weighted by Gasteiger charge is -2.18. The standard InChI is InChI=1S/C22H23N7O5S.ClH/c1-26(24-15-18-16-25-28-9-6-17(14-23)12-20(18)28)35(32,33)22-13-19(29(30)31)4-5-21(22)34-11-10-27-7-2-3-8-27;/h4-6,9,12-13,15-16H,2-3,7-8,10-11H2,1H3;1H/b24-15-;. The molecule has 0 aliphatic carbocycles. The van der Waals surface area contributed by atoms with Crippen LogP contribution in [0, 0.1) is 21.4 Å². The Balaban J connectivity index is 0.00000361. The van der Waals surface area contributed by atoms with E-state index in [9.17, 15) is 18.5 Å². The summed E-state index contributed by atoms with van der Waals surface area (Å²) in [6, 6.07) is 8.72. The predicted molar refractivity (Wildman–Crippen MR) is 134 cm³/mol. The number of nitrogens with zero attached hydrogens (tertiary/aromatic N) is 7. The van der Waals surface area contributed by atoms with Gasteiger partial charge in [-0.15, -0.1) is 12.4 Å². The van der Waals surface area contributed by atoms with E-state index in [0.29, 0.717) is 23.2 Å². The van der Waals surface area contributed by atoms with Crippen LogP contribution in [0.2, 0.25) is 0 Å². The number of halogens is 1. The summed E-state index contributed by atoms with van der Waals surface area (Å²) in [4.78, 5) is 12.5. The van der Waals surface area contributed by atoms with Crippen LogP contribution in [0.5, 0.6) is 5.75 Å². The molecule has 0 saturated carbocycles. The highest BCUT2D eigenvalue weighted by Crippen LogP contribution is 2.30. The third-order valence-electron chi connectivity index (χ3n) is 5.67. The van der Waals surface area contributed by atoms with Gasteiger partial charge >= 0.3 is 0 Å². The molecule has 1 aliphatic rings. The molecule has 1 aromatic carbocycles. The summed E-state index contributed by atoms with van der Waals surface area (Å²) in [7, 11) is -3.05. The number of aromatic nitrogens is 2. The molecule has 14 heteroatoms. The number of likely N-dealkylation sites (tertiary alicyclic amines) is 1. The van der Waals surface area contributed by atoms with E-state index in [1.54, 1.807) is 18.3 Å². The van der Waals surface area contributed by atoms with Gasteiger partial charge in [-0.05, 0) is 44.1 Å². The molecule has 0 amide bonds. The molecule has 0 radical (unpaired) electrons. The lowest BCUT2D eigenvalue weighted by molar-refractivity contribution is -0.385. The fourth-order valence-electron chi connectivity index (χ4n) is 3.74. The zero-order chi connectivity index (χ0) is 25.0. The van der Waals surface area contributed by atoms with Crippen molar-refractivity contribution in [1.82, 2.24) is 18.9 Å². The van der Waals surface area contributed by atoms with Gasteiger partial charge in [0, 0.05) is 37.5 Å². The van der Waals surface area contributed by atoms with Crippen LogP contribution in [0.4, 0.5) is 5.69 Å². The number of hydrogen-bond acceptors (Lipinski definition) is 9. The van der Waals surface area contributed by atoms with Crippen LogP contribution >= 0.6 is 12.4 Å². The molecule has 2 aromatic heterocycles. The zero-order valence-electron chi connectivity index (χ0n) is 19.3. The maximum Gasteiger partial charge on any atom is 0.282 e. The van der Waals surface area contributed by atoms with E-state index >= 15 is 0 Å². The van der Waals surface area contributed by atoms with Gasteiger partial charge in [0.25, 0.3) is 15.7 Å². The number of nitriles is 1. The number of hydrazone groups is 1. The molecule has 1 fully saturated rings. The Kier molecular flexibility index (Phi) is 8.46. The second kappa shape index (κ2) is 11.3. The first kappa shape index (κ1) is 26.9. The minimum atomic E-state index is -4.28. The Bertz CT molecular complexity index is 1430. The van der Waals surface area contributed by atoms with Gasteiger partial charge in [-0.25, -0.2) is 4.52 Å². The fraction of sp³-hybridized carbons (Fsp3) is 0.318. The molecule has 3 aromatic rings. The Morgan fingerprint density at radius 1 is 1.31 bits per heavy atom. The van der Waals surface area contributed by atoms with Crippen LogP contribution in [-0.2, 0) is 10.0 Å². The van der Waals surface area contributed by atoms with E-state index in [4.69, 9.17) is 10.00 Å². The molecule has 3 heterocycles. The molecule has 4 rings (SSSR count). The maximum atomic E-state index is 13.3. The maximum absolute atomic E-state index is 13.3. The quantitative estimate of drug-likeness (QED) is 0.232. The number of benzene rings is 1. The fourth-order valence-corrected chi connectivity index (χ4v) is 4.85. The Morgan fingerprint density at radius 3 is 2.75 bits per heavy atom. The number of nitro benzene ring substituents is 1. The topological polar surface area (TPSA) is 146 Å². The molecule has 0 unspecified atom stereocenters. The molecule has 190 valence electrons. The smallest absolute Gasteiger partial charge is 0.282 e. The second-order valence-electron chi connectivity index (χ2n) is 7.93. The summed E-state index contributed by atoms with van der Waals surface area (Å²) in [6.07, 6.45) is 6.63. The van der Waals surface area contributed by atoms with Crippen LogP contribution in [0.25, 0.3) is 5.52 Å². The van der Waals surface area contributed by atoms with Gasteiger partial charge in [-0.2, -0.15) is 28.3 Å². The number of fused-ring (bicyclic) bond motifs is 1. The highest BCUT2D eigenvalue weighted by atomic mass is 35.5. The normalized spacial score (nSPS) is 14.0. The zero-order valence-corrected chi connectivity index (χ0v) is 21.0. The summed E-state index contributed by atoms with van der Waals surface area (Å²) in [5, 5.41) is 28.6. The highest BCUT2D eigenvalue weighted by molar-refractivity contribution is 7.89. The van der Waals surface area contributed by atoms with Crippen molar-refractivity contribution < 1.29 is 18.1 Å². The van der Waals surface area contributed by atoms with Crippen molar-refractivity contribution in [3.05, 3.63) is 64.0 Å². The van der Waals surface area contributed by atoms with Gasteiger partial charge in [-0.1, -0.05) is 0 Å². The molecule has 0 N–H and O–H groups in total. The first-order chi connectivity index (χ1) is 16.8. The molecular formula is C22H24ClN7O5S. The summed E-state index contributed by atoms with van der Waals surface area (Å²) < 4.78 is 34.6. The van der Waals surface area contributed by atoms with Crippen molar-refractivity contribution in [2.75, 3.05) is 33.3 Å². The van der Waals surface area contributed by atoms with Crippen LogP contribution < -0.4 is 4.74 Å². The van der Waals surface area contributed by atoms with Gasteiger partial charge in [0.15, 0.2) is 0 Å². The Labute approximate surface area is 214 Å². The van der Waals surface area contributed by atoms with Crippen molar-refractivity contribution in [3.8, 4) is 11.8 Å². The van der Waals surface area contributed by atoms with E-state index in [2.05, 4.69) is 15.1 Å². The number of non-ortho nitro benzene ring substituents is 1. The first-order valence-electron chi connectivity index (χ1n) is 10.8. The SMILES string of the molecule is CN(/N=C\c1cnn2ccc(C#N)cc12)S(=O)(=O)c1cc([N+](=O)[O-])ccc1OCCN1CCCC1.Cl. The lowest BCUT2D eigenvalue weighted by Crippen LogP contribution is -2.26. The number of ether oxygens (including phenoxy) is 1. The van der Waals surface area contributed by atoms with Crippen molar-refractivity contribution >= 4 is 39.8 Å². The molecule has 0 bridgehead atoms. The number of nitro groups is 1. The van der Waals surface area contributed by atoms with Crippen LogP contribution in [-0.4, -0.2) is 71.8 Å². The molecule has 1 saturated heterocycles. The summed E-state index contributed by atoms with van der Waals surface area (Å²) in [6.45, 7) is 2.80. The third kappa shape index (κ3) is 5.73. The molecule has 0 atom stereocenters. The Hall–Kier alpha value is -3.73. The molecule has 36 heavy (non-hydrogen) atoms. The van der Waals surface area contributed by atoms with Crippen molar-refractivity contribution in [3.63, 3.8) is 0 Å². The van der Waals surface area contributed by atoms with E-state index in [1.807, 2.05) is 6.07 Å². The van der Waals surface area contributed by atoms with Gasteiger partial charge in [0.05, 0.1) is 34.5 Å². The lowest BCUT2D eigenvalue weighted by atomic mass is 10.2. The average Bonchev–Trinajstić information content (AvgIpc) is 3.52. The van der Waals surface area contributed by atoms with E-state index < -0.39 is 14.9 Å². The number of sulfonamides is 1. The van der Waals surface area contributed by atoms with Gasteiger partial charge < -0.3 is 4.74 Å². The van der Waals surface area contributed by atoms with E-state index in [0.717, 1.165) is 36.4 Å². The number of pyridine rings is 1. The van der Waals surface area contributed by atoms with Crippen molar-refractivity contribution in [2.45, 2.75) is 17.7 Å². The second-order valence-corrected chi connectivity index (χ2v) is 9.84. The monoisotopic (exact) mass is 533 g/mol. The number of rotatable bonds is 9. The first-order valence-corrected chi connectivity index (χ1v) is 12.3. The third-order valence-corrected chi connectivity index (χ3v) is 7.33. The molecule has 0 spiro atoms. The molecule has 1 aliphatic heterocycles.